The van der Waals surface area contributed by atoms with E-state index in [0.717, 1.165) is 28.7 Å². The minimum atomic E-state index is 0.329. The molecule has 5 heteroatoms. The molecule has 0 amide bonds. The topological polar surface area (TPSA) is 66.5 Å². The zero-order chi connectivity index (χ0) is 16.1. The van der Waals surface area contributed by atoms with Crippen LogP contribution in [0.25, 0.3) is 10.9 Å². The Balaban J connectivity index is 2.31. The van der Waals surface area contributed by atoms with E-state index in [-0.39, 0.29) is 0 Å². The van der Waals surface area contributed by atoms with Crippen LogP contribution in [0.1, 0.15) is 25.8 Å². The van der Waals surface area contributed by atoms with Crippen LogP contribution in [0.2, 0.25) is 0 Å². The third-order valence-electron chi connectivity index (χ3n) is 3.67. The standard InChI is InChI=1S/C17H25N5/c1-5-12(2)20-17(18)19-11-13-10-16(22(3)4)21-15-9-7-6-8-14(13)15/h6-10,12H,5,11H2,1-4H3,(H3,18,19,20). The van der Waals surface area contributed by atoms with E-state index in [9.17, 15) is 0 Å². The summed E-state index contributed by atoms with van der Waals surface area (Å²) in [6.07, 6.45) is 1.01. The first-order valence-electron chi connectivity index (χ1n) is 7.63. The van der Waals surface area contributed by atoms with E-state index >= 15 is 0 Å². The Hall–Kier alpha value is -2.30. The van der Waals surface area contributed by atoms with E-state index < -0.39 is 0 Å². The lowest BCUT2D eigenvalue weighted by Gasteiger charge is -2.15. The second-order valence-electron chi connectivity index (χ2n) is 5.71. The summed E-state index contributed by atoms with van der Waals surface area (Å²) < 4.78 is 0. The van der Waals surface area contributed by atoms with Gasteiger partial charge in [0.1, 0.15) is 5.82 Å². The van der Waals surface area contributed by atoms with E-state index in [1.807, 2.05) is 37.2 Å². The largest absolute Gasteiger partial charge is 0.370 e. The minimum absolute atomic E-state index is 0.329. The Morgan fingerprint density at radius 2 is 2.09 bits per heavy atom. The van der Waals surface area contributed by atoms with Crippen molar-refractivity contribution < 1.29 is 0 Å². The van der Waals surface area contributed by atoms with Gasteiger partial charge in [-0.05, 0) is 31.0 Å². The third kappa shape index (κ3) is 3.87. The minimum Gasteiger partial charge on any atom is -0.370 e. The summed E-state index contributed by atoms with van der Waals surface area (Å²) in [6.45, 7) is 4.75. The van der Waals surface area contributed by atoms with Gasteiger partial charge in [0, 0.05) is 25.5 Å². The van der Waals surface area contributed by atoms with E-state index in [4.69, 9.17) is 5.73 Å². The van der Waals surface area contributed by atoms with Gasteiger partial charge in [-0.1, -0.05) is 25.1 Å². The predicted octanol–water partition coefficient (Wildman–Crippen LogP) is 2.50. The van der Waals surface area contributed by atoms with Crippen molar-refractivity contribution in [2.24, 2.45) is 10.7 Å². The molecule has 0 aliphatic carbocycles. The number of para-hydroxylation sites is 1. The molecule has 0 aliphatic heterocycles. The van der Waals surface area contributed by atoms with Crippen LogP contribution >= 0.6 is 0 Å². The molecular weight excluding hydrogens is 274 g/mol. The molecule has 2 rings (SSSR count). The van der Waals surface area contributed by atoms with Gasteiger partial charge in [-0.15, -0.1) is 0 Å². The van der Waals surface area contributed by atoms with Crippen molar-refractivity contribution in [3.8, 4) is 0 Å². The highest BCUT2D eigenvalue weighted by Crippen LogP contribution is 2.22. The lowest BCUT2D eigenvalue weighted by molar-refractivity contribution is 0.636. The first-order chi connectivity index (χ1) is 10.5. The van der Waals surface area contributed by atoms with Crippen molar-refractivity contribution in [2.75, 3.05) is 19.0 Å². The van der Waals surface area contributed by atoms with Crippen LogP contribution < -0.4 is 16.0 Å². The Morgan fingerprint density at radius 1 is 1.36 bits per heavy atom. The van der Waals surface area contributed by atoms with Crippen LogP contribution in [0.4, 0.5) is 5.82 Å². The summed E-state index contributed by atoms with van der Waals surface area (Å²) >= 11 is 0. The van der Waals surface area contributed by atoms with Gasteiger partial charge in [0.05, 0.1) is 12.1 Å². The lowest BCUT2D eigenvalue weighted by atomic mass is 10.1. The number of anilines is 1. The van der Waals surface area contributed by atoms with Gasteiger partial charge in [-0.2, -0.15) is 0 Å². The molecule has 0 radical (unpaired) electrons. The molecule has 1 unspecified atom stereocenters. The van der Waals surface area contributed by atoms with Crippen molar-refractivity contribution in [2.45, 2.75) is 32.9 Å². The van der Waals surface area contributed by atoms with E-state index in [1.54, 1.807) is 0 Å². The molecule has 1 heterocycles. The number of nitrogens with one attached hydrogen (secondary N) is 1. The molecule has 0 saturated carbocycles. The normalized spacial score (nSPS) is 13.2. The summed E-state index contributed by atoms with van der Waals surface area (Å²) in [5, 5.41) is 4.31. The van der Waals surface area contributed by atoms with Gasteiger partial charge in [-0.25, -0.2) is 9.98 Å². The number of aromatic nitrogens is 1. The average Bonchev–Trinajstić information content (AvgIpc) is 2.52. The van der Waals surface area contributed by atoms with Crippen molar-refractivity contribution in [3.05, 3.63) is 35.9 Å². The number of rotatable bonds is 5. The summed E-state index contributed by atoms with van der Waals surface area (Å²) in [5.41, 5.74) is 8.06. The number of guanidine groups is 1. The Morgan fingerprint density at radius 3 is 2.77 bits per heavy atom. The second-order valence-corrected chi connectivity index (χ2v) is 5.71. The fourth-order valence-electron chi connectivity index (χ4n) is 2.16. The van der Waals surface area contributed by atoms with Gasteiger partial charge >= 0.3 is 0 Å². The van der Waals surface area contributed by atoms with Crippen molar-refractivity contribution >= 4 is 22.7 Å². The SMILES string of the molecule is CCC(C)NC(N)=NCc1cc(N(C)C)nc2ccccc12. The molecule has 1 aromatic carbocycles. The monoisotopic (exact) mass is 299 g/mol. The smallest absolute Gasteiger partial charge is 0.189 e. The Kier molecular flexibility index (Phi) is 5.20. The van der Waals surface area contributed by atoms with Crippen molar-refractivity contribution in [1.82, 2.24) is 10.3 Å². The van der Waals surface area contributed by atoms with Gasteiger partial charge in [-0.3, -0.25) is 0 Å². The van der Waals surface area contributed by atoms with Crippen LogP contribution in [-0.4, -0.2) is 31.1 Å². The summed E-state index contributed by atoms with van der Waals surface area (Å²) in [4.78, 5) is 11.1. The Labute approximate surface area is 132 Å². The molecule has 1 atom stereocenters. The molecular formula is C17H25N5. The molecule has 0 spiro atoms. The Bertz CT molecular complexity index is 663. The van der Waals surface area contributed by atoms with Gasteiger partial charge in [0.25, 0.3) is 0 Å². The van der Waals surface area contributed by atoms with Crippen LogP contribution in [0.15, 0.2) is 35.3 Å². The maximum atomic E-state index is 5.95. The third-order valence-corrected chi connectivity index (χ3v) is 3.67. The van der Waals surface area contributed by atoms with Crippen LogP contribution in [0.3, 0.4) is 0 Å². The number of hydrogen-bond donors (Lipinski definition) is 2. The van der Waals surface area contributed by atoms with E-state index in [2.05, 4.69) is 41.3 Å². The maximum Gasteiger partial charge on any atom is 0.189 e. The van der Waals surface area contributed by atoms with Gasteiger partial charge < -0.3 is 16.0 Å². The summed E-state index contributed by atoms with van der Waals surface area (Å²) in [5.74, 6) is 1.42. The molecule has 5 nitrogen and oxygen atoms in total. The number of aliphatic imine (C=N–C) groups is 1. The molecule has 118 valence electrons. The highest BCUT2D eigenvalue weighted by atomic mass is 15.1. The second kappa shape index (κ2) is 7.11. The van der Waals surface area contributed by atoms with E-state index in [0.29, 0.717) is 18.5 Å². The molecule has 2 aromatic rings. The number of pyridine rings is 1. The molecule has 1 aromatic heterocycles. The number of benzene rings is 1. The maximum absolute atomic E-state index is 5.95. The predicted molar refractivity (Wildman–Crippen MR) is 94.3 cm³/mol. The highest BCUT2D eigenvalue weighted by molar-refractivity contribution is 5.84. The van der Waals surface area contributed by atoms with Crippen LogP contribution in [-0.2, 0) is 6.54 Å². The zero-order valence-electron chi connectivity index (χ0n) is 13.8. The summed E-state index contributed by atoms with van der Waals surface area (Å²) in [6, 6.07) is 10.5. The lowest BCUT2D eigenvalue weighted by Crippen LogP contribution is -2.38. The van der Waals surface area contributed by atoms with Crippen LogP contribution in [0.5, 0.6) is 0 Å². The van der Waals surface area contributed by atoms with Gasteiger partial charge in [0.15, 0.2) is 5.96 Å². The fourth-order valence-corrected chi connectivity index (χ4v) is 2.16. The first-order valence-corrected chi connectivity index (χ1v) is 7.63. The molecule has 3 N–H and O–H groups in total. The number of hydrogen-bond acceptors (Lipinski definition) is 3. The molecule has 0 bridgehead atoms. The van der Waals surface area contributed by atoms with Crippen molar-refractivity contribution in [1.29, 1.82) is 0 Å². The highest BCUT2D eigenvalue weighted by Gasteiger charge is 2.07. The molecule has 0 aliphatic rings. The molecule has 0 fully saturated rings. The molecule has 22 heavy (non-hydrogen) atoms. The average molecular weight is 299 g/mol. The van der Waals surface area contributed by atoms with Crippen LogP contribution in [0, 0.1) is 0 Å². The van der Waals surface area contributed by atoms with Gasteiger partial charge in [0.2, 0.25) is 0 Å². The number of nitrogens with zero attached hydrogens (tertiary/aromatic N) is 3. The quantitative estimate of drug-likeness (QED) is 0.657. The summed E-state index contributed by atoms with van der Waals surface area (Å²) in [7, 11) is 3.98. The van der Waals surface area contributed by atoms with Crippen molar-refractivity contribution in [3.63, 3.8) is 0 Å². The number of fused-ring (bicyclic) bond motifs is 1. The molecule has 0 saturated heterocycles. The van der Waals surface area contributed by atoms with E-state index in [1.165, 1.54) is 0 Å². The zero-order valence-corrected chi connectivity index (χ0v) is 13.8. The fraction of sp³-hybridized carbons (Fsp3) is 0.412. The number of nitrogens with two attached hydrogens (primary N) is 1. The first kappa shape index (κ1) is 16.1.